The van der Waals surface area contributed by atoms with Crippen molar-refractivity contribution in [2.24, 2.45) is 0 Å². The Bertz CT molecular complexity index is 478. The molecule has 105 valence electrons. The van der Waals surface area contributed by atoms with Gasteiger partial charge in [-0.1, -0.05) is 6.42 Å². The molecule has 1 radical (unpaired) electrons. The van der Waals surface area contributed by atoms with Gasteiger partial charge in [0.15, 0.2) is 0 Å². The first-order valence-corrected chi connectivity index (χ1v) is 7.89. The molecule has 0 aliphatic rings. The Morgan fingerprint density at radius 1 is 1.05 bits per heavy atom. The van der Waals surface area contributed by atoms with Crippen LogP contribution in [0.3, 0.4) is 0 Å². The highest BCUT2D eigenvalue weighted by Gasteiger charge is 2.12. The summed E-state index contributed by atoms with van der Waals surface area (Å²) in [5.41, 5.74) is 1.31. The third-order valence-corrected chi connectivity index (χ3v) is 4.35. The summed E-state index contributed by atoms with van der Waals surface area (Å²) in [4.78, 5) is 9.40. The van der Waals surface area contributed by atoms with Gasteiger partial charge in [-0.25, -0.2) is 5.11 Å². The number of nitrogens with zero attached hydrogens (tertiary/aromatic N) is 2. The fourth-order valence-electron chi connectivity index (χ4n) is 2.10. The molecule has 2 aromatic heterocycles. The van der Waals surface area contributed by atoms with Gasteiger partial charge in [0, 0.05) is 35.4 Å². The minimum atomic E-state index is 0.0266. The van der Waals surface area contributed by atoms with Crippen molar-refractivity contribution < 1.29 is 5.11 Å². The average Bonchev–Trinajstić information content (AvgIpc) is 2.52. The molecule has 0 aliphatic heterocycles. The third kappa shape index (κ3) is 4.94. The molecule has 2 aromatic rings. The average molecular weight is 287 g/mol. The van der Waals surface area contributed by atoms with Gasteiger partial charge in [-0.3, -0.25) is 9.97 Å². The van der Waals surface area contributed by atoms with Crippen molar-refractivity contribution in [3.8, 4) is 0 Å². The van der Waals surface area contributed by atoms with Crippen LogP contribution in [0, 0.1) is 0 Å². The van der Waals surface area contributed by atoms with Gasteiger partial charge in [0.25, 0.3) is 0 Å². The van der Waals surface area contributed by atoms with Crippen molar-refractivity contribution in [3.05, 3.63) is 54.6 Å². The van der Waals surface area contributed by atoms with E-state index in [0.29, 0.717) is 5.92 Å². The van der Waals surface area contributed by atoms with Crippen LogP contribution < -0.4 is 0 Å². The van der Waals surface area contributed by atoms with Crippen LogP contribution in [0.4, 0.5) is 0 Å². The molecule has 20 heavy (non-hydrogen) atoms. The van der Waals surface area contributed by atoms with Gasteiger partial charge in [-0.05, 0) is 48.6 Å². The number of pyridine rings is 2. The zero-order valence-corrected chi connectivity index (χ0v) is 12.3. The molecule has 0 fully saturated rings. The van der Waals surface area contributed by atoms with E-state index in [0.717, 1.165) is 25.0 Å². The van der Waals surface area contributed by atoms with Crippen LogP contribution in [0.5, 0.6) is 0 Å². The van der Waals surface area contributed by atoms with E-state index in [2.05, 4.69) is 28.2 Å². The third-order valence-electron chi connectivity index (χ3n) is 3.21. The maximum Gasteiger partial charge on any atom is 0.0822 e. The molecule has 0 aliphatic carbocycles. The van der Waals surface area contributed by atoms with Crippen LogP contribution in [0.25, 0.3) is 0 Å². The number of hydrogen-bond acceptors (Lipinski definition) is 3. The molecule has 0 N–H and O–H groups in total. The summed E-state index contributed by atoms with van der Waals surface area (Å²) >= 11 is 1.82. The van der Waals surface area contributed by atoms with Crippen molar-refractivity contribution >= 4 is 11.8 Å². The van der Waals surface area contributed by atoms with E-state index in [1.807, 2.05) is 36.4 Å². The molecule has 0 saturated heterocycles. The first-order valence-electron chi connectivity index (χ1n) is 6.91. The predicted octanol–water partition coefficient (Wildman–Crippen LogP) is 3.95. The monoisotopic (exact) mass is 287 g/mol. The van der Waals surface area contributed by atoms with Crippen molar-refractivity contribution in [3.63, 3.8) is 0 Å². The molecular weight excluding hydrogens is 268 g/mol. The van der Waals surface area contributed by atoms with Gasteiger partial charge in [-0.15, -0.1) is 11.8 Å². The van der Waals surface area contributed by atoms with E-state index in [4.69, 9.17) is 0 Å². The van der Waals surface area contributed by atoms with E-state index < -0.39 is 0 Å². The zero-order valence-electron chi connectivity index (χ0n) is 11.4. The molecule has 0 bridgehead atoms. The largest absolute Gasteiger partial charge is 0.265 e. The van der Waals surface area contributed by atoms with Crippen LogP contribution in [0.2, 0.25) is 0 Å². The molecular formula is C16H19N2OS. The zero-order chi connectivity index (χ0) is 14.0. The normalized spacial score (nSPS) is 12.2. The lowest BCUT2D eigenvalue weighted by Gasteiger charge is -2.16. The van der Waals surface area contributed by atoms with Gasteiger partial charge in [0.2, 0.25) is 0 Å². The summed E-state index contributed by atoms with van der Waals surface area (Å²) in [5, 5.41) is 10.6. The highest BCUT2D eigenvalue weighted by atomic mass is 32.2. The maximum absolute atomic E-state index is 10.6. The molecule has 1 atom stereocenters. The van der Waals surface area contributed by atoms with Crippen molar-refractivity contribution in [1.82, 2.24) is 9.97 Å². The molecule has 2 rings (SSSR count). The Hall–Kier alpha value is -1.39. The number of unbranched alkanes of at least 4 members (excludes halogenated alkanes) is 1. The van der Waals surface area contributed by atoms with Crippen molar-refractivity contribution in [1.29, 1.82) is 0 Å². The maximum atomic E-state index is 10.6. The van der Waals surface area contributed by atoms with Crippen LogP contribution in [0.15, 0.2) is 53.9 Å². The van der Waals surface area contributed by atoms with Crippen LogP contribution >= 0.6 is 11.8 Å². The quantitative estimate of drug-likeness (QED) is 0.545. The number of aromatic nitrogens is 2. The lowest BCUT2D eigenvalue weighted by molar-refractivity contribution is 0.185. The summed E-state index contributed by atoms with van der Waals surface area (Å²) < 4.78 is 0. The molecule has 0 amide bonds. The van der Waals surface area contributed by atoms with Gasteiger partial charge < -0.3 is 0 Å². The minimum absolute atomic E-state index is 0.0266. The fourth-order valence-corrected chi connectivity index (χ4v) is 3.17. The second-order valence-corrected chi connectivity index (χ2v) is 5.77. The van der Waals surface area contributed by atoms with Crippen LogP contribution in [0.1, 0.15) is 30.7 Å². The lowest BCUT2D eigenvalue weighted by atomic mass is 9.96. The van der Waals surface area contributed by atoms with E-state index in [9.17, 15) is 5.11 Å². The first kappa shape index (κ1) is 15.0. The molecule has 0 aromatic carbocycles. The highest BCUT2D eigenvalue weighted by molar-refractivity contribution is 7.99. The molecule has 0 spiro atoms. The fraction of sp³-hybridized carbons (Fsp3) is 0.375. The van der Waals surface area contributed by atoms with E-state index in [-0.39, 0.29) is 6.61 Å². The van der Waals surface area contributed by atoms with Gasteiger partial charge in [-0.2, -0.15) is 0 Å². The Labute approximate surface area is 124 Å². The summed E-state index contributed by atoms with van der Waals surface area (Å²) in [6.07, 6.45) is 10.2. The van der Waals surface area contributed by atoms with Gasteiger partial charge in [0.1, 0.15) is 0 Å². The number of thioether (sulfide) groups is 1. The summed E-state index contributed by atoms with van der Waals surface area (Å²) in [6.45, 7) is 0.0266. The predicted molar refractivity (Wildman–Crippen MR) is 81.3 cm³/mol. The second-order valence-electron chi connectivity index (χ2n) is 4.68. The Morgan fingerprint density at radius 2 is 1.90 bits per heavy atom. The number of rotatable bonds is 8. The number of hydrogen-bond donors (Lipinski definition) is 0. The highest BCUT2D eigenvalue weighted by Crippen LogP contribution is 2.29. The van der Waals surface area contributed by atoms with Crippen LogP contribution in [-0.2, 0) is 5.11 Å². The molecule has 4 heteroatoms. The molecule has 0 saturated carbocycles. The van der Waals surface area contributed by atoms with Crippen LogP contribution in [-0.4, -0.2) is 22.3 Å². The van der Waals surface area contributed by atoms with E-state index in [1.165, 1.54) is 10.5 Å². The van der Waals surface area contributed by atoms with Gasteiger partial charge >= 0.3 is 0 Å². The molecule has 3 nitrogen and oxygen atoms in total. The Morgan fingerprint density at radius 3 is 2.60 bits per heavy atom. The standard InChI is InChI=1S/C16H19N2OS/c19-11-2-1-4-15(14-6-9-17-10-7-14)13-20-16-5-3-8-18-12-16/h3,5-10,12,15H,1-2,4,11,13H2. The lowest BCUT2D eigenvalue weighted by Crippen LogP contribution is -2.03. The summed E-state index contributed by atoms with van der Waals surface area (Å²) in [7, 11) is 0. The van der Waals surface area contributed by atoms with Gasteiger partial charge in [0.05, 0.1) is 6.61 Å². The topological polar surface area (TPSA) is 45.7 Å². The summed E-state index contributed by atoms with van der Waals surface area (Å²) in [5.74, 6) is 1.48. The Kier molecular flexibility index (Phi) is 6.54. The Balaban J connectivity index is 1.95. The van der Waals surface area contributed by atoms with Crippen molar-refractivity contribution in [2.45, 2.75) is 30.1 Å². The molecule has 2 heterocycles. The van der Waals surface area contributed by atoms with Crippen molar-refractivity contribution in [2.75, 3.05) is 12.4 Å². The van der Waals surface area contributed by atoms with E-state index in [1.54, 1.807) is 6.20 Å². The SMILES string of the molecule is [O]CCCCC(CSc1cccnc1)c1ccncc1. The van der Waals surface area contributed by atoms with E-state index >= 15 is 0 Å². The molecule has 1 unspecified atom stereocenters. The smallest absolute Gasteiger partial charge is 0.0822 e. The first-order chi connectivity index (χ1) is 9.90. The summed E-state index contributed by atoms with van der Waals surface area (Å²) in [6, 6.07) is 8.19. The minimum Gasteiger partial charge on any atom is -0.265 e. The second kappa shape index (κ2) is 8.72.